The lowest BCUT2D eigenvalue weighted by Crippen LogP contribution is -2.41. The summed E-state index contributed by atoms with van der Waals surface area (Å²) in [4.78, 5) is 11.4. The Balaban J connectivity index is 2.33. The molecule has 0 aliphatic carbocycles. The summed E-state index contributed by atoms with van der Waals surface area (Å²) >= 11 is 2.00. The molecule has 18 heavy (non-hydrogen) atoms. The van der Waals surface area contributed by atoms with Crippen LogP contribution in [0.1, 0.15) is 32.5 Å². The molecule has 100 valence electrons. The monoisotopic (exact) mass is 267 g/mol. The van der Waals surface area contributed by atoms with Crippen molar-refractivity contribution in [3.63, 3.8) is 0 Å². The first-order chi connectivity index (χ1) is 8.61. The molecule has 1 fully saturated rings. The van der Waals surface area contributed by atoms with Gasteiger partial charge >= 0.3 is 0 Å². The highest BCUT2D eigenvalue weighted by Gasteiger charge is 2.21. The van der Waals surface area contributed by atoms with Gasteiger partial charge in [-0.2, -0.15) is 11.8 Å². The predicted octanol–water partition coefficient (Wildman–Crippen LogP) is 1.83. The van der Waals surface area contributed by atoms with E-state index >= 15 is 0 Å². The summed E-state index contributed by atoms with van der Waals surface area (Å²) < 4.78 is 0. The summed E-state index contributed by atoms with van der Waals surface area (Å²) in [7, 11) is 0. The molecule has 0 aromatic carbocycles. The van der Waals surface area contributed by atoms with Gasteiger partial charge in [0.2, 0.25) is 0 Å². The number of hydrazine groups is 1. The first-order valence-corrected chi connectivity index (χ1v) is 7.47. The highest BCUT2D eigenvalue weighted by atomic mass is 32.2. The lowest BCUT2D eigenvalue weighted by atomic mass is 10.2. The summed E-state index contributed by atoms with van der Waals surface area (Å²) in [5.74, 6) is 10.6. The Morgan fingerprint density at radius 2 is 2.28 bits per heavy atom. The van der Waals surface area contributed by atoms with E-state index in [1.165, 1.54) is 0 Å². The van der Waals surface area contributed by atoms with Gasteiger partial charge in [0.1, 0.15) is 17.5 Å². The number of aromatic nitrogens is 2. The highest BCUT2D eigenvalue weighted by Crippen LogP contribution is 2.25. The maximum absolute atomic E-state index is 5.49. The van der Waals surface area contributed by atoms with Crippen LogP contribution in [0.4, 0.5) is 11.6 Å². The number of hydrogen-bond acceptors (Lipinski definition) is 6. The van der Waals surface area contributed by atoms with Gasteiger partial charge in [-0.3, -0.25) is 0 Å². The molecule has 1 atom stereocenters. The second kappa shape index (κ2) is 5.75. The van der Waals surface area contributed by atoms with E-state index in [0.29, 0.717) is 17.8 Å². The minimum absolute atomic E-state index is 0.298. The van der Waals surface area contributed by atoms with Crippen LogP contribution >= 0.6 is 11.8 Å². The van der Waals surface area contributed by atoms with Crippen LogP contribution in [-0.4, -0.2) is 34.1 Å². The fourth-order valence-electron chi connectivity index (χ4n) is 2.00. The van der Waals surface area contributed by atoms with Crippen LogP contribution in [0.3, 0.4) is 0 Å². The highest BCUT2D eigenvalue weighted by molar-refractivity contribution is 7.99. The van der Waals surface area contributed by atoms with Crippen molar-refractivity contribution in [2.45, 2.75) is 32.7 Å². The summed E-state index contributed by atoms with van der Waals surface area (Å²) in [6, 6.07) is 2.43. The molecule has 0 spiro atoms. The molecule has 1 aliphatic rings. The zero-order chi connectivity index (χ0) is 13.1. The Labute approximate surface area is 113 Å². The second-order valence-corrected chi connectivity index (χ2v) is 6.04. The van der Waals surface area contributed by atoms with Gasteiger partial charge in [-0.25, -0.2) is 15.8 Å². The third kappa shape index (κ3) is 2.87. The molecule has 1 saturated heterocycles. The zero-order valence-corrected chi connectivity index (χ0v) is 12.0. The molecule has 3 N–H and O–H groups in total. The zero-order valence-electron chi connectivity index (χ0n) is 11.2. The van der Waals surface area contributed by atoms with E-state index in [4.69, 9.17) is 5.84 Å². The Kier molecular flexibility index (Phi) is 4.29. The lowest BCUT2D eigenvalue weighted by molar-refractivity contribution is 0.677. The van der Waals surface area contributed by atoms with E-state index in [1.54, 1.807) is 0 Å². The number of thioether (sulfide) groups is 1. The number of anilines is 2. The molecular formula is C12H21N5S. The van der Waals surface area contributed by atoms with E-state index in [9.17, 15) is 0 Å². The quantitative estimate of drug-likeness (QED) is 0.643. The van der Waals surface area contributed by atoms with Crippen molar-refractivity contribution in [2.75, 3.05) is 28.4 Å². The second-order valence-electron chi connectivity index (χ2n) is 4.89. The number of hydrogen-bond donors (Lipinski definition) is 2. The van der Waals surface area contributed by atoms with Gasteiger partial charge in [0.05, 0.1) is 0 Å². The van der Waals surface area contributed by atoms with Crippen LogP contribution in [0.15, 0.2) is 6.07 Å². The molecule has 1 aliphatic heterocycles. The molecular weight excluding hydrogens is 246 g/mol. The SMILES string of the molecule is CC(C)c1nc(NN)cc(N2CCSCC2C)n1. The number of nitrogens with two attached hydrogens (primary N) is 1. The molecule has 6 heteroatoms. The first kappa shape index (κ1) is 13.4. The lowest BCUT2D eigenvalue weighted by Gasteiger charge is -2.34. The average molecular weight is 267 g/mol. The molecule has 2 heterocycles. The van der Waals surface area contributed by atoms with E-state index in [0.717, 1.165) is 29.7 Å². The molecule has 1 aromatic rings. The largest absolute Gasteiger partial charge is 0.352 e. The fraction of sp³-hybridized carbons (Fsp3) is 0.667. The van der Waals surface area contributed by atoms with Crippen LogP contribution in [0.25, 0.3) is 0 Å². The Bertz CT molecular complexity index is 409. The van der Waals surface area contributed by atoms with Gasteiger partial charge in [-0.15, -0.1) is 0 Å². The normalized spacial score (nSPS) is 20.3. The number of rotatable bonds is 3. The van der Waals surface area contributed by atoms with Crippen molar-refractivity contribution < 1.29 is 0 Å². The van der Waals surface area contributed by atoms with Crippen LogP contribution in [-0.2, 0) is 0 Å². The first-order valence-electron chi connectivity index (χ1n) is 6.31. The standard InChI is InChI=1S/C12H21N5S/c1-8(2)12-14-10(16-13)6-11(15-12)17-4-5-18-7-9(17)3/h6,8-9H,4-5,7,13H2,1-3H3,(H,14,15,16). The number of nitrogen functional groups attached to an aromatic ring is 1. The van der Waals surface area contributed by atoms with Crippen LogP contribution in [0.5, 0.6) is 0 Å². The van der Waals surface area contributed by atoms with Gasteiger partial charge in [-0.05, 0) is 6.92 Å². The molecule has 5 nitrogen and oxygen atoms in total. The molecule has 2 rings (SSSR count). The van der Waals surface area contributed by atoms with E-state index in [-0.39, 0.29) is 0 Å². The van der Waals surface area contributed by atoms with Crippen molar-refractivity contribution in [1.29, 1.82) is 0 Å². The van der Waals surface area contributed by atoms with Gasteiger partial charge in [0.25, 0.3) is 0 Å². The van der Waals surface area contributed by atoms with Gasteiger partial charge < -0.3 is 10.3 Å². The van der Waals surface area contributed by atoms with Crippen molar-refractivity contribution in [2.24, 2.45) is 5.84 Å². The van der Waals surface area contributed by atoms with Crippen molar-refractivity contribution in [3.05, 3.63) is 11.9 Å². The van der Waals surface area contributed by atoms with E-state index < -0.39 is 0 Å². The smallest absolute Gasteiger partial charge is 0.145 e. The van der Waals surface area contributed by atoms with Crippen molar-refractivity contribution >= 4 is 23.4 Å². The predicted molar refractivity (Wildman–Crippen MR) is 78.1 cm³/mol. The van der Waals surface area contributed by atoms with Gasteiger partial charge in [0.15, 0.2) is 0 Å². The minimum Gasteiger partial charge on any atom is -0.352 e. The Morgan fingerprint density at radius 3 is 2.89 bits per heavy atom. The maximum atomic E-state index is 5.49. The third-order valence-corrected chi connectivity index (χ3v) is 4.25. The van der Waals surface area contributed by atoms with Crippen LogP contribution < -0.4 is 16.2 Å². The van der Waals surface area contributed by atoms with Gasteiger partial charge in [-0.1, -0.05) is 13.8 Å². The van der Waals surface area contributed by atoms with Crippen molar-refractivity contribution in [1.82, 2.24) is 9.97 Å². The van der Waals surface area contributed by atoms with Crippen LogP contribution in [0.2, 0.25) is 0 Å². The molecule has 0 bridgehead atoms. The van der Waals surface area contributed by atoms with E-state index in [1.807, 2.05) is 17.8 Å². The summed E-state index contributed by atoms with van der Waals surface area (Å²) in [5.41, 5.74) is 2.63. The van der Waals surface area contributed by atoms with Crippen LogP contribution in [0, 0.1) is 0 Å². The maximum Gasteiger partial charge on any atom is 0.145 e. The Morgan fingerprint density at radius 1 is 1.50 bits per heavy atom. The average Bonchev–Trinajstić information content (AvgIpc) is 2.38. The molecule has 1 unspecified atom stereocenters. The molecule has 0 radical (unpaired) electrons. The fourth-order valence-corrected chi connectivity index (χ4v) is 3.01. The van der Waals surface area contributed by atoms with E-state index in [2.05, 4.69) is 41.1 Å². The Hall–Kier alpha value is -1.01. The molecule has 0 saturated carbocycles. The summed E-state index contributed by atoms with van der Waals surface area (Å²) in [6.07, 6.45) is 0. The topological polar surface area (TPSA) is 67.1 Å². The van der Waals surface area contributed by atoms with Crippen molar-refractivity contribution in [3.8, 4) is 0 Å². The molecule has 0 amide bonds. The minimum atomic E-state index is 0.298. The summed E-state index contributed by atoms with van der Waals surface area (Å²) in [5, 5.41) is 0. The summed E-state index contributed by atoms with van der Waals surface area (Å²) in [6.45, 7) is 7.45. The number of nitrogens with zero attached hydrogens (tertiary/aromatic N) is 3. The van der Waals surface area contributed by atoms with Gasteiger partial charge in [0, 0.05) is 36.1 Å². The molecule has 1 aromatic heterocycles. The number of nitrogens with one attached hydrogen (secondary N) is 1. The third-order valence-electron chi connectivity index (χ3n) is 3.06.